The normalized spacial score (nSPS) is 27.0. The second-order valence-corrected chi connectivity index (χ2v) is 5.40. The number of nitrogen functional groups attached to an aromatic ring is 1. The highest BCUT2D eigenvalue weighted by molar-refractivity contribution is 5.69. The molecule has 0 spiro atoms. The Morgan fingerprint density at radius 3 is 2.75 bits per heavy atom. The summed E-state index contributed by atoms with van der Waals surface area (Å²) < 4.78 is 7.70. The monoisotopic (exact) mass is 342 g/mol. The highest BCUT2D eigenvalue weighted by atomic mass is 16.6. The van der Waals surface area contributed by atoms with Crippen LogP contribution in [0.1, 0.15) is 6.23 Å². The predicted octanol–water partition coefficient (Wildman–Crippen LogP) is -3.71. The number of anilines is 1. The van der Waals surface area contributed by atoms with Gasteiger partial charge in [0.05, 0.1) is 6.61 Å². The SMILES string of the molecule is Nc1nc2c(c(=O)[nH]1)[n+](CC(=O)O)cn2[C@@H]1O[C@H](CO)[C@@H](O)[C@H]1O. The van der Waals surface area contributed by atoms with Crippen molar-refractivity contribution in [2.24, 2.45) is 0 Å². The van der Waals surface area contributed by atoms with E-state index in [4.69, 9.17) is 20.7 Å². The van der Waals surface area contributed by atoms with Crippen LogP contribution in [-0.4, -0.2) is 65.8 Å². The van der Waals surface area contributed by atoms with Crippen LogP contribution in [0.25, 0.3) is 11.2 Å². The number of imidazole rings is 1. The lowest BCUT2D eigenvalue weighted by atomic mass is 10.1. The molecule has 0 amide bonds. The van der Waals surface area contributed by atoms with Gasteiger partial charge in [0, 0.05) is 0 Å². The molecule has 0 unspecified atom stereocenters. The third-order valence-corrected chi connectivity index (χ3v) is 3.79. The van der Waals surface area contributed by atoms with E-state index in [1.54, 1.807) is 0 Å². The lowest BCUT2D eigenvalue weighted by Gasteiger charge is -2.11. The summed E-state index contributed by atoms with van der Waals surface area (Å²) in [5.41, 5.74) is 4.76. The number of hydrogen-bond acceptors (Lipinski definition) is 8. The van der Waals surface area contributed by atoms with Crippen LogP contribution in [0.5, 0.6) is 0 Å². The number of aliphatic hydroxyl groups excluding tert-OH is 3. The van der Waals surface area contributed by atoms with E-state index in [-0.39, 0.29) is 17.1 Å². The van der Waals surface area contributed by atoms with E-state index in [1.165, 1.54) is 10.9 Å². The number of nitrogens with zero attached hydrogens (tertiary/aromatic N) is 3. The van der Waals surface area contributed by atoms with Crippen molar-refractivity contribution in [3.63, 3.8) is 0 Å². The van der Waals surface area contributed by atoms with Gasteiger partial charge in [-0.1, -0.05) is 0 Å². The lowest BCUT2D eigenvalue weighted by molar-refractivity contribution is -0.661. The van der Waals surface area contributed by atoms with Crippen molar-refractivity contribution in [2.75, 3.05) is 12.3 Å². The van der Waals surface area contributed by atoms with E-state index >= 15 is 0 Å². The van der Waals surface area contributed by atoms with Crippen molar-refractivity contribution in [2.45, 2.75) is 31.1 Å². The van der Waals surface area contributed by atoms with Gasteiger partial charge in [0.25, 0.3) is 11.2 Å². The number of carboxylic acids is 1. The first-order chi connectivity index (χ1) is 11.3. The molecule has 2 aromatic rings. The maximum Gasteiger partial charge on any atom is 0.346 e. The molecule has 7 N–H and O–H groups in total. The van der Waals surface area contributed by atoms with E-state index in [0.717, 1.165) is 4.57 Å². The quantitative estimate of drug-likeness (QED) is 0.304. The number of carbonyl (C=O) groups is 1. The summed E-state index contributed by atoms with van der Waals surface area (Å²) in [4.78, 5) is 29.3. The highest BCUT2D eigenvalue weighted by Gasteiger charge is 2.47. The van der Waals surface area contributed by atoms with Gasteiger partial charge in [-0.2, -0.15) is 9.55 Å². The summed E-state index contributed by atoms with van der Waals surface area (Å²) in [5, 5.41) is 38.1. The number of aromatic nitrogens is 4. The van der Waals surface area contributed by atoms with Gasteiger partial charge in [-0.15, -0.1) is 0 Å². The van der Waals surface area contributed by atoms with Crippen LogP contribution in [0, 0.1) is 0 Å². The van der Waals surface area contributed by atoms with Crippen LogP contribution in [0.4, 0.5) is 5.95 Å². The van der Waals surface area contributed by atoms with Gasteiger partial charge in [-0.25, -0.2) is 9.36 Å². The molecular formula is C12H16N5O7+. The summed E-state index contributed by atoms with van der Waals surface area (Å²) in [6.45, 7) is -1.06. The Morgan fingerprint density at radius 2 is 2.17 bits per heavy atom. The van der Waals surface area contributed by atoms with Crippen molar-refractivity contribution >= 4 is 23.1 Å². The Balaban J connectivity index is 2.18. The number of fused-ring (bicyclic) bond motifs is 1. The van der Waals surface area contributed by atoms with Crippen LogP contribution in [-0.2, 0) is 16.1 Å². The van der Waals surface area contributed by atoms with E-state index < -0.39 is 49.2 Å². The van der Waals surface area contributed by atoms with Crippen LogP contribution >= 0.6 is 0 Å². The first kappa shape index (κ1) is 16.3. The second-order valence-electron chi connectivity index (χ2n) is 5.40. The van der Waals surface area contributed by atoms with Crippen LogP contribution < -0.4 is 15.9 Å². The summed E-state index contributed by atoms with van der Waals surface area (Å²) in [6.07, 6.45) is -3.76. The van der Waals surface area contributed by atoms with Gasteiger partial charge >= 0.3 is 11.5 Å². The minimum absolute atomic E-state index is 0.0210. The minimum Gasteiger partial charge on any atom is -0.478 e. The molecular weight excluding hydrogens is 326 g/mol. The number of hydrogen-bond donors (Lipinski definition) is 6. The number of nitrogens with two attached hydrogens (primary N) is 1. The Hall–Kier alpha value is -2.54. The maximum absolute atomic E-state index is 12.1. The standard InChI is InChI=1S/C12H15N5O7/c13-12-14-9-6(10(23)15-12)16(1-5(19)20)3-17(9)11-8(22)7(21)4(2-18)24-11/h3-4,7-8,11,18,21-22H,1-2H2,(H3-,13,14,15,19,20,23)/p+1/t4-,7-,8-,11-/m1/s1. The van der Waals surface area contributed by atoms with E-state index in [0.29, 0.717) is 0 Å². The Morgan fingerprint density at radius 1 is 1.46 bits per heavy atom. The molecule has 3 rings (SSSR count). The molecule has 1 fully saturated rings. The number of carboxylic acid groups (broad SMARTS) is 1. The first-order valence-electron chi connectivity index (χ1n) is 6.97. The molecule has 0 aliphatic carbocycles. The van der Waals surface area contributed by atoms with Crippen LogP contribution in [0.15, 0.2) is 11.1 Å². The molecule has 3 heterocycles. The van der Waals surface area contributed by atoms with E-state index in [1.807, 2.05) is 0 Å². The summed E-state index contributed by atoms with van der Waals surface area (Å²) in [5.74, 6) is -1.41. The van der Waals surface area contributed by atoms with Gasteiger partial charge in [0.2, 0.25) is 18.5 Å². The third kappa shape index (κ3) is 2.50. The van der Waals surface area contributed by atoms with Crippen molar-refractivity contribution < 1.29 is 34.5 Å². The number of aliphatic hydroxyl groups is 3. The molecule has 0 bridgehead atoms. The molecule has 4 atom stereocenters. The van der Waals surface area contributed by atoms with Gasteiger partial charge in [-0.05, 0) is 0 Å². The average Bonchev–Trinajstić information content (AvgIpc) is 2.98. The number of ether oxygens (including phenoxy) is 1. The zero-order valence-corrected chi connectivity index (χ0v) is 12.2. The number of H-pyrrole nitrogens is 1. The molecule has 12 heteroatoms. The van der Waals surface area contributed by atoms with Crippen molar-refractivity contribution in [1.29, 1.82) is 0 Å². The Bertz CT molecular complexity index is 846. The van der Waals surface area contributed by atoms with Crippen molar-refractivity contribution in [3.05, 3.63) is 16.7 Å². The van der Waals surface area contributed by atoms with Gasteiger partial charge < -0.3 is 30.9 Å². The summed E-state index contributed by atoms with van der Waals surface area (Å²) in [7, 11) is 0. The zero-order chi connectivity index (χ0) is 17.6. The molecule has 0 radical (unpaired) electrons. The average molecular weight is 342 g/mol. The van der Waals surface area contributed by atoms with Crippen molar-refractivity contribution in [3.8, 4) is 0 Å². The van der Waals surface area contributed by atoms with Gasteiger partial charge in [0.15, 0.2) is 6.54 Å². The smallest absolute Gasteiger partial charge is 0.346 e. The number of aromatic amines is 1. The Kier molecular flexibility index (Phi) is 3.96. The van der Waals surface area contributed by atoms with Crippen LogP contribution in [0.3, 0.4) is 0 Å². The molecule has 12 nitrogen and oxygen atoms in total. The number of nitrogens with one attached hydrogen (secondary N) is 1. The highest BCUT2D eigenvalue weighted by Crippen LogP contribution is 2.30. The predicted molar refractivity (Wildman–Crippen MR) is 75.6 cm³/mol. The first-order valence-corrected chi connectivity index (χ1v) is 6.97. The largest absolute Gasteiger partial charge is 0.478 e. The van der Waals surface area contributed by atoms with Crippen molar-refractivity contribution in [1.82, 2.24) is 14.5 Å². The third-order valence-electron chi connectivity index (χ3n) is 3.79. The molecule has 1 saturated heterocycles. The molecule has 1 aliphatic rings. The van der Waals surface area contributed by atoms with Crippen LogP contribution in [0.2, 0.25) is 0 Å². The fourth-order valence-corrected chi connectivity index (χ4v) is 2.74. The zero-order valence-electron chi connectivity index (χ0n) is 12.2. The fourth-order valence-electron chi connectivity index (χ4n) is 2.74. The molecule has 24 heavy (non-hydrogen) atoms. The Labute approximate surface area is 133 Å². The molecule has 2 aromatic heterocycles. The number of aliphatic carboxylic acids is 1. The second kappa shape index (κ2) is 5.83. The number of rotatable bonds is 4. The minimum atomic E-state index is -1.42. The summed E-state index contributed by atoms with van der Waals surface area (Å²) in [6, 6.07) is 0. The topological polar surface area (TPSA) is 188 Å². The lowest BCUT2D eigenvalue weighted by Crippen LogP contribution is -2.40. The summed E-state index contributed by atoms with van der Waals surface area (Å²) >= 11 is 0. The molecule has 0 saturated carbocycles. The fraction of sp³-hybridized carbons (Fsp3) is 0.500. The van der Waals surface area contributed by atoms with Gasteiger partial charge in [-0.3, -0.25) is 9.78 Å². The maximum atomic E-state index is 12.1. The van der Waals surface area contributed by atoms with E-state index in [2.05, 4.69) is 9.97 Å². The van der Waals surface area contributed by atoms with E-state index in [9.17, 15) is 19.8 Å². The van der Waals surface area contributed by atoms with Gasteiger partial charge in [0.1, 0.15) is 18.3 Å². The molecule has 0 aromatic carbocycles. The molecule has 1 aliphatic heterocycles. The molecule has 130 valence electrons.